The van der Waals surface area contributed by atoms with Crippen LogP contribution in [0.1, 0.15) is 12.0 Å². The molecule has 0 unspecified atom stereocenters. The van der Waals surface area contributed by atoms with Crippen LogP contribution in [0.3, 0.4) is 0 Å². The van der Waals surface area contributed by atoms with E-state index >= 15 is 0 Å². The van der Waals surface area contributed by atoms with Crippen LogP contribution in [0.25, 0.3) is 0 Å². The van der Waals surface area contributed by atoms with Crippen molar-refractivity contribution in [2.24, 2.45) is 0 Å². The molecular formula is C18H22FN3O5S2. The van der Waals surface area contributed by atoms with Crippen LogP contribution in [0.5, 0.6) is 0 Å². The third-order valence-electron chi connectivity index (χ3n) is 3.96. The maximum Gasteiger partial charge on any atom is 0.242 e. The summed E-state index contributed by atoms with van der Waals surface area (Å²) in [5.74, 6) is -0.924. The Morgan fingerprint density at radius 1 is 0.931 bits per heavy atom. The Balaban J connectivity index is 1.82. The molecule has 0 fully saturated rings. The summed E-state index contributed by atoms with van der Waals surface area (Å²) in [4.78, 5) is 12.0. The van der Waals surface area contributed by atoms with Crippen molar-refractivity contribution in [3.05, 3.63) is 59.9 Å². The molecule has 2 aromatic carbocycles. The number of hydrogen-bond acceptors (Lipinski definition) is 5. The van der Waals surface area contributed by atoms with E-state index in [9.17, 15) is 26.0 Å². The fourth-order valence-corrected chi connectivity index (χ4v) is 4.21. The van der Waals surface area contributed by atoms with E-state index in [1.54, 1.807) is 12.1 Å². The van der Waals surface area contributed by atoms with Gasteiger partial charge in [0, 0.05) is 33.6 Å². The zero-order valence-corrected chi connectivity index (χ0v) is 17.6. The van der Waals surface area contributed by atoms with Crippen molar-refractivity contribution in [2.75, 3.05) is 20.6 Å². The van der Waals surface area contributed by atoms with Crippen molar-refractivity contribution in [3.8, 4) is 0 Å². The fourth-order valence-electron chi connectivity index (χ4n) is 2.28. The zero-order chi connectivity index (χ0) is 21.7. The van der Waals surface area contributed by atoms with Gasteiger partial charge in [0.2, 0.25) is 26.0 Å². The number of sulfonamides is 2. The molecule has 2 N–H and O–H groups in total. The second-order valence-electron chi connectivity index (χ2n) is 6.31. The van der Waals surface area contributed by atoms with Crippen LogP contribution in [0, 0.1) is 5.82 Å². The predicted molar refractivity (Wildman–Crippen MR) is 105 cm³/mol. The molecule has 0 saturated carbocycles. The van der Waals surface area contributed by atoms with Crippen LogP contribution in [0.15, 0.2) is 58.3 Å². The van der Waals surface area contributed by atoms with Gasteiger partial charge in [-0.3, -0.25) is 4.79 Å². The third kappa shape index (κ3) is 6.32. The lowest BCUT2D eigenvalue weighted by molar-refractivity contribution is -0.121. The van der Waals surface area contributed by atoms with Crippen molar-refractivity contribution in [1.29, 1.82) is 0 Å². The van der Waals surface area contributed by atoms with Gasteiger partial charge in [0.05, 0.1) is 9.79 Å². The van der Waals surface area contributed by atoms with E-state index in [0.717, 1.165) is 28.6 Å². The number of rotatable bonds is 9. The lowest BCUT2D eigenvalue weighted by atomic mass is 10.2. The molecule has 0 atom stereocenters. The van der Waals surface area contributed by atoms with Gasteiger partial charge < -0.3 is 5.32 Å². The molecule has 2 rings (SSSR count). The van der Waals surface area contributed by atoms with Crippen LogP contribution in [-0.4, -0.2) is 47.7 Å². The van der Waals surface area contributed by atoms with Gasteiger partial charge in [0.25, 0.3) is 0 Å². The smallest absolute Gasteiger partial charge is 0.242 e. The molecule has 2 aromatic rings. The average molecular weight is 444 g/mol. The molecule has 0 aliphatic carbocycles. The van der Waals surface area contributed by atoms with Gasteiger partial charge in [0.15, 0.2) is 0 Å². The molecule has 0 aliphatic rings. The Morgan fingerprint density at radius 2 is 1.48 bits per heavy atom. The summed E-state index contributed by atoms with van der Waals surface area (Å²) in [6, 6.07) is 10.4. The van der Waals surface area contributed by atoms with Crippen LogP contribution >= 0.6 is 0 Å². The summed E-state index contributed by atoms with van der Waals surface area (Å²) in [6.45, 7) is 0.0530. The quantitative estimate of drug-likeness (QED) is 0.602. The van der Waals surface area contributed by atoms with Gasteiger partial charge in [-0.2, -0.15) is 0 Å². The number of nitrogens with one attached hydrogen (secondary N) is 2. The van der Waals surface area contributed by atoms with E-state index in [0.29, 0.717) is 5.56 Å². The molecule has 29 heavy (non-hydrogen) atoms. The second-order valence-corrected chi connectivity index (χ2v) is 10.2. The number of halogens is 1. The maximum absolute atomic E-state index is 12.9. The third-order valence-corrected chi connectivity index (χ3v) is 7.27. The first kappa shape index (κ1) is 22.9. The molecule has 11 heteroatoms. The highest BCUT2D eigenvalue weighted by molar-refractivity contribution is 7.89. The normalized spacial score (nSPS) is 12.1. The minimum atomic E-state index is -3.82. The molecule has 158 valence electrons. The second kappa shape index (κ2) is 9.44. The molecule has 1 amide bonds. The Hall–Kier alpha value is -2.34. The number of carbonyl (C=O) groups excluding carboxylic acids is 1. The minimum Gasteiger partial charge on any atom is -0.352 e. The number of carbonyl (C=O) groups is 1. The molecule has 0 bridgehead atoms. The summed E-state index contributed by atoms with van der Waals surface area (Å²) in [5.41, 5.74) is 0.697. The monoisotopic (exact) mass is 443 g/mol. The largest absolute Gasteiger partial charge is 0.352 e. The first-order valence-corrected chi connectivity index (χ1v) is 11.5. The highest BCUT2D eigenvalue weighted by Crippen LogP contribution is 2.14. The number of amides is 1. The van der Waals surface area contributed by atoms with E-state index in [1.807, 2.05) is 0 Å². The van der Waals surface area contributed by atoms with Crippen LogP contribution in [0.2, 0.25) is 0 Å². The summed E-state index contributed by atoms with van der Waals surface area (Å²) in [6.07, 6.45) is -0.0898. The molecule has 8 nitrogen and oxygen atoms in total. The predicted octanol–water partition coefficient (Wildman–Crippen LogP) is 1.06. The first-order valence-electron chi connectivity index (χ1n) is 8.56. The Kier molecular flexibility index (Phi) is 7.47. The van der Waals surface area contributed by atoms with Crippen molar-refractivity contribution >= 4 is 26.0 Å². The van der Waals surface area contributed by atoms with Crippen LogP contribution < -0.4 is 10.0 Å². The van der Waals surface area contributed by atoms with Gasteiger partial charge in [-0.1, -0.05) is 12.1 Å². The van der Waals surface area contributed by atoms with Gasteiger partial charge in [-0.05, 0) is 42.0 Å². The maximum atomic E-state index is 12.9. The fraction of sp³-hybridized carbons (Fsp3) is 0.278. The topological polar surface area (TPSA) is 113 Å². The van der Waals surface area contributed by atoms with Gasteiger partial charge in [-0.25, -0.2) is 30.3 Å². The van der Waals surface area contributed by atoms with Crippen molar-refractivity contribution in [2.45, 2.75) is 22.8 Å². The summed E-state index contributed by atoms with van der Waals surface area (Å²) < 4.78 is 64.4. The summed E-state index contributed by atoms with van der Waals surface area (Å²) >= 11 is 0. The summed E-state index contributed by atoms with van der Waals surface area (Å²) in [7, 11) is -4.46. The van der Waals surface area contributed by atoms with Crippen molar-refractivity contribution < 1.29 is 26.0 Å². The highest BCUT2D eigenvalue weighted by atomic mass is 32.2. The van der Waals surface area contributed by atoms with Gasteiger partial charge in [0.1, 0.15) is 5.82 Å². The number of benzene rings is 2. The molecule has 0 heterocycles. The lowest BCUT2D eigenvalue weighted by Crippen LogP contribution is -2.30. The number of hydrogen-bond donors (Lipinski definition) is 2. The molecule has 0 saturated heterocycles. The average Bonchev–Trinajstić information content (AvgIpc) is 2.66. The van der Waals surface area contributed by atoms with Gasteiger partial charge in [-0.15, -0.1) is 0 Å². The molecule has 0 radical (unpaired) electrons. The van der Waals surface area contributed by atoms with E-state index in [2.05, 4.69) is 10.0 Å². The van der Waals surface area contributed by atoms with Crippen molar-refractivity contribution in [3.63, 3.8) is 0 Å². The SMILES string of the molecule is CN(C)S(=O)(=O)c1ccc(CNC(=O)CCNS(=O)(=O)c2ccc(F)cc2)cc1. The van der Waals surface area contributed by atoms with Gasteiger partial charge >= 0.3 is 0 Å². The van der Waals surface area contributed by atoms with Crippen molar-refractivity contribution in [1.82, 2.24) is 14.3 Å². The van der Waals surface area contributed by atoms with E-state index < -0.39 is 25.9 Å². The Labute approximate surface area is 169 Å². The molecule has 0 spiro atoms. The Morgan fingerprint density at radius 3 is 2.03 bits per heavy atom. The van der Waals surface area contributed by atoms with Crippen LogP contribution in [0.4, 0.5) is 4.39 Å². The highest BCUT2D eigenvalue weighted by Gasteiger charge is 2.17. The minimum absolute atomic E-state index is 0.0898. The molecular weight excluding hydrogens is 421 g/mol. The van der Waals surface area contributed by atoms with E-state index in [-0.39, 0.29) is 35.2 Å². The lowest BCUT2D eigenvalue weighted by Gasteiger charge is -2.12. The molecule has 0 aliphatic heterocycles. The first-order chi connectivity index (χ1) is 13.5. The summed E-state index contributed by atoms with van der Waals surface area (Å²) in [5, 5.41) is 2.63. The standard InChI is InChI=1S/C18H22FN3O5S2/c1-22(2)29(26,27)17-7-3-14(4-8-17)13-20-18(23)11-12-21-28(24,25)16-9-5-15(19)6-10-16/h3-10,21H,11-13H2,1-2H3,(H,20,23). The van der Waals surface area contributed by atoms with E-state index in [1.165, 1.54) is 26.2 Å². The zero-order valence-electron chi connectivity index (χ0n) is 15.9. The Bertz CT molecular complexity index is 1050. The van der Waals surface area contributed by atoms with Crippen LogP contribution in [-0.2, 0) is 31.4 Å². The molecule has 0 aromatic heterocycles. The number of nitrogens with zero attached hydrogens (tertiary/aromatic N) is 1. The van der Waals surface area contributed by atoms with E-state index in [4.69, 9.17) is 0 Å².